The van der Waals surface area contributed by atoms with Gasteiger partial charge >= 0.3 is 0 Å². The lowest BCUT2D eigenvalue weighted by atomic mass is 10.2. The van der Waals surface area contributed by atoms with Gasteiger partial charge in [-0.1, -0.05) is 35.6 Å². The third-order valence-corrected chi connectivity index (χ3v) is 4.66. The summed E-state index contributed by atoms with van der Waals surface area (Å²) in [5, 5.41) is 12.5. The molecule has 1 fully saturated rings. The number of anilines is 1. The largest absolute Gasteiger partial charge is 0.457 e. The number of nitrogens with one attached hydrogen (secondary N) is 1. The van der Waals surface area contributed by atoms with E-state index in [4.69, 9.17) is 4.74 Å². The smallest absolute Gasteiger partial charge is 0.257 e. The number of carbonyl (C=O) groups is 1. The van der Waals surface area contributed by atoms with Gasteiger partial charge in [0.05, 0.1) is 0 Å². The van der Waals surface area contributed by atoms with Crippen LogP contribution in [0.3, 0.4) is 0 Å². The summed E-state index contributed by atoms with van der Waals surface area (Å²) in [7, 11) is 0. The maximum Gasteiger partial charge on any atom is 0.257 e. The molecule has 24 heavy (non-hydrogen) atoms. The zero-order valence-electron chi connectivity index (χ0n) is 12.8. The van der Waals surface area contributed by atoms with Crippen LogP contribution in [0.4, 0.5) is 5.13 Å². The molecule has 0 bridgehead atoms. The van der Waals surface area contributed by atoms with Crippen molar-refractivity contribution in [2.75, 3.05) is 5.32 Å². The molecule has 1 aliphatic carbocycles. The molecule has 1 heterocycles. The Morgan fingerprint density at radius 3 is 2.62 bits per heavy atom. The first-order valence-corrected chi connectivity index (χ1v) is 8.57. The molecule has 4 rings (SSSR count). The molecular formula is C18H15N3O2S. The molecule has 0 radical (unpaired) electrons. The zero-order valence-corrected chi connectivity index (χ0v) is 13.6. The highest BCUT2D eigenvalue weighted by Crippen LogP contribution is 2.42. The maximum absolute atomic E-state index is 12.4. The van der Waals surface area contributed by atoms with Gasteiger partial charge in [-0.3, -0.25) is 10.1 Å². The average molecular weight is 337 g/mol. The Morgan fingerprint density at radius 1 is 1.04 bits per heavy atom. The van der Waals surface area contributed by atoms with E-state index in [1.165, 1.54) is 24.2 Å². The Morgan fingerprint density at radius 2 is 1.83 bits per heavy atom. The summed E-state index contributed by atoms with van der Waals surface area (Å²) in [6.45, 7) is 0. The van der Waals surface area contributed by atoms with Crippen molar-refractivity contribution < 1.29 is 9.53 Å². The van der Waals surface area contributed by atoms with E-state index in [2.05, 4.69) is 15.5 Å². The standard InChI is InChI=1S/C18H15N3O2S/c22-16(19-18-21-20-17(24-18)12-9-10-12)13-5-4-8-15(11-13)23-14-6-2-1-3-7-14/h1-8,11-12H,9-10H2,(H,19,21,22). The van der Waals surface area contributed by atoms with Crippen LogP contribution in [0.5, 0.6) is 11.5 Å². The van der Waals surface area contributed by atoms with E-state index in [-0.39, 0.29) is 5.91 Å². The van der Waals surface area contributed by atoms with Crippen molar-refractivity contribution in [2.24, 2.45) is 0 Å². The lowest BCUT2D eigenvalue weighted by Gasteiger charge is -2.07. The predicted molar refractivity (Wildman–Crippen MR) is 92.8 cm³/mol. The Labute approximate surface area is 143 Å². The van der Waals surface area contributed by atoms with Crippen LogP contribution in [-0.4, -0.2) is 16.1 Å². The molecule has 0 aliphatic heterocycles. The highest BCUT2D eigenvalue weighted by Gasteiger charge is 2.27. The van der Waals surface area contributed by atoms with Crippen LogP contribution in [0.25, 0.3) is 0 Å². The first-order chi connectivity index (χ1) is 11.8. The van der Waals surface area contributed by atoms with Gasteiger partial charge < -0.3 is 4.74 Å². The molecular weight excluding hydrogens is 322 g/mol. The number of hydrogen-bond donors (Lipinski definition) is 1. The second-order valence-corrected chi connectivity index (χ2v) is 6.63. The molecule has 0 atom stereocenters. The van der Waals surface area contributed by atoms with Crippen molar-refractivity contribution in [2.45, 2.75) is 18.8 Å². The van der Waals surface area contributed by atoms with E-state index >= 15 is 0 Å². The molecule has 1 saturated carbocycles. The summed E-state index contributed by atoms with van der Waals surface area (Å²) in [5.41, 5.74) is 0.520. The second kappa shape index (κ2) is 6.41. The SMILES string of the molecule is O=C(Nc1nnc(C2CC2)s1)c1cccc(Oc2ccccc2)c1. The van der Waals surface area contributed by atoms with Crippen molar-refractivity contribution in [3.05, 3.63) is 65.2 Å². The molecule has 6 heteroatoms. The first kappa shape index (κ1) is 14.8. The number of rotatable bonds is 5. The van der Waals surface area contributed by atoms with Crippen LogP contribution in [0, 0.1) is 0 Å². The van der Waals surface area contributed by atoms with Crippen molar-refractivity contribution in [3.63, 3.8) is 0 Å². The van der Waals surface area contributed by atoms with Crippen molar-refractivity contribution >= 4 is 22.4 Å². The highest BCUT2D eigenvalue weighted by atomic mass is 32.1. The lowest BCUT2D eigenvalue weighted by molar-refractivity contribution is 0.102. The molecule has 1 aromatic heterocycles. The lowest BCUT2D eigenvalue weighted by Crippen LogP contribution is -2.11. The molecule has 0 unspecified atom stereocenters. The number of carbonyl (C=O) groups excluding carboxylic acids is 1. The molecule has 1 amide bonds. The van der Waals surface area contributed by atoms with Crippen LogP contribution < -0.4 is 10.1 Å². The van der Waals surface area contributed by atoms with Gasteiger partial charge in [-0.05, 0) is 43.2 Å². The first-order valence-electron chi connectivity index (χ1n) is 7.76. The number of aromatic nitrogens is 2. The van der Waals surface area contributed by atoms with Crippen LogP contribution >= 0.6 is 11.3 Å². The fourth-order valence-electron chi connectivity index (χ4n) is 2.28. The minimum absolute atomic E-state index is 0.216. The number of nitrogens with zero attached hydrogens (tertiary/aromatic N) is 2. The molecule has 2 aromatic carbocycles. The second-order valence-electron chi connectivity index (χ2n) is 5.62. The Kier molecular flexibility index (Phi) is 3.96. The van der Waals surface area contributed by atoms with Crippen LogP contribution in [0.2, 0.25) is 0 Å². The van der Waals surface area contributed by atoms with Gasteiger partial charge in [-0.15, -0.1) is 10.2 Å². The van der Waals surface area contributed by atoms with E-state index in [0.29, 0.717) is 22.4 Å². The van der Waals surface area contributed by atoms with Gasteiger partial charge in [0.15, 0.2) is 0 Å². The van der Waals surface area contributed by atoms with Crippen molar-refractivity contribution in [3.8, 4) is 11.5 Å². The Balaban J connectivity index is 1.46. The number of amides is 1. The molecule has 3 aromatic rings. The third-order valence-electron chi connectivity index (χ3n) is 3.66. The minimum atomic E-state index is -0.216. The number of hydrogen-bond acceptors (Lipinski definition) is 5. The van der Waals surface area contributed by atoms with Gasteiger partial charge in [-0.25, -0.2) is 0 Å². The van der Waals surface area contributed by atoms with E-state index in [9.17, 15) is 4.79 Å². The van der Waals surface area contributed by atoms with Crippen molar-refractivity contribution in [1.29, 1.82) is 0 Å². The summed E-state index contributed by atoms with van der Waals surface area (Å²) in [5.74, 6) is 1.67. The maximum atomic E-state index is 12.4. The number of benzene rings is 2. The molecule has 5 nitrogen and oxygen atoms in total. The predicted octanol–water partition coefficient (Wildman–Crippen LogP) is 4.46. The number of para-hydroxylation sites is 1. The molecule has 1 N–H and O–H groups in total. The van der Waals surface area contributed by atoms with Gasteiger partial charge in [0.25, 0.3) is 5.91 Å². The van der Waals surface area contributed by atoms with Crippen molar-refractivity contribution in [1.82, 2.24) is 10.2 Å². The summed E-state index contributed by atoms with van der Waals surface area (Å²) >= 11 is 1.45. The van der Waals surface area contributed by atoms with Crippen LogP contribution in [0.1, 0.15) is 34.1 Å². The molecule has 1 aliphatic rings. The fraction of sp³-hybridized carbons (Fsp3) is 0.167. The summed E-state index contributed by atoms with van der Waals surface area (Å²) in [4.78, 5) is 12.4. The quantitative estimate of drug-likeness (QED) is 0.746. The summed E-state index contributed by atoms with van der Waals surface area (Å²) in [6, 6.07) is 16.5. The minimum Gasteiger partial charge on any atom is -0.457 e. The monoisotopic (exact) mass is 337 g/mol. The van der Waals surface area contributed by atoms with Gasteiger partial charge in [0, 0.05) is 11.5 Å². The average Bonchev–Trinajstić information content (AvgIpc) is 3.36. The van der Waals surface area contributed by atoms with Gasteiger partial charge in [-0.2, -0.15) is 0 Å². The zero-order chi connectivity index (χ0) is 16.4. The highest BCUT2D eigenvalue weighted by molar-refractivity contribution is 7.15. The van der Waals surface area contributed by atoms with Gasteiger partial charge in [0.1, 0.15) is 16.5 Å². The number of ether oxygens (including phenoxy) is 1. The third kappa shape index (κ3) is 3.44. The van der Waals surface area contributed by atoms with Crippen LogP contribution in [0.15, 0.2) is 54.6 Å². The topological polar surface area (TPSA) is 64.1 Å². The van der Waals surface area contributed by atoms with Gasteiger partial charge in [0.2, 0.25) is 5.13 Å². The van der Waals surface area contributed by atoms with E-state index in [1.807, 2.05) is 36.4 Å². The van der Waals surface area contributed by atoms with Crippen LogP contribution in [-0.2, 0) is 0 Å². The summed E-state index contributed by atoms with van der Waals surface area (Å²) < 4.78 is 5.76. The normalized spacial score (nSPS) is 13.5. The van der Waals surface area contributed by atoms with E-state index in [1.54, 1.807) is 18.2 Å². The fourth-order valence-corrected chi connectivity index (χ4v) is 3.18. The summed E-state index contributed by atoms with van der Waals surface area (Å²) in [6.07, 6.45) is 2.34. The molecule has 0 spiro atoms. The molecule has 0 saturated heterocycles. The van der Waals surface area contributed by atoms with E-state index in [0.717, 1.165) is 10.8 Å². The van der Waals surface area contributed by atoms with E-state index < -0.39 is 0 Å². The Bertz CT molecular complexity index is 859. The Hall–Kier alpha value is -2.73. The molecule has 120 valence electrons.